The summed E-state index contributed by atoms with van der Waals surface area (Å²) in [7, 11) is 0. The Morgan fingerprint density at radius 1 is 1.26 bits per heavy atom. The van der Waals surface area contributed by atoms with E-state index < -0.39 is 35.1 Å². The molecule has 0 aromatic heterocycles. The quantitative estimate of drug-likeness (QED) is 0.483. The SMILES string of the molecule is Cc1c(OCC(F)(F)C(F)(F)F)cccc1[N+](=O)[O-]. The van der Waals surface area contributed by atoms with Gasteiger partial charge >= 0.3 is 12.1 Å². The zero-order chi connectivity index (χ0) is 14.8. The molecule has 1 aromatic carbocycles. The highest BCUT2D eigenvalue weighted by molar-refractivity contribution is 5.48. The number of alkyl halides is 5. The van der Waals surface area contributed by atoms with Crippen LogP contribution in [0.1, 0.15) is 5.56 Å². The van der Waals surface area contributed by atoms with Crippen molar-refractivity contribution in [2.24, 2.45) is 0 Å². The van der Waals surface area contributed by atoms with Crippen molar-refractivity contribution in [2.75, 3.05) is 6.61 Å². The molecule has 19 heavy (non-hydrogen) atoms. The van der Waals surface area contributed by atoms with Crippen molar-refractivity contribution in [3.05, 3.63) is 33.9 Å². The van der Waals surface area contributed by atoms with Gasteiger partial charge in [0.15, 0.2) is 6.61 Å². The van der Waals surface area contributed by atoms with Crippen LogP contribution in [-0.2, 0) is 0 Å². The van der Waals surface area contributed by atoms with Gasteiger partial charge in [0.1, 0.15) is 5.75 Å². The minimum absolute atomic E-state index is 0.120. The lowest BCUT2D eigenvalue weighted by atomic mass is 10.2. The average Bonchev–Trinajstić information content (AvgIpc) is 2.25. The number of rotatable bonds is 4. The normalized spacial score (nSPS) is 12.3. The molecule has 0 aliphatic heterocycles. The molecule has 0 N–H and O–H groups in total. The number of nitro benzene ring substituents is 1. The summed E-state index contributed by atoms with van der Waals surface area (Å²) in [6.07, 6.45) is -5.73. The van der Waals surface area contributed by atoms with Crippen LogP contribution in [0.4, 0.5) is 27.6 Å². The van der Waals surface area contributed by atoms with Crippen molar-refractivity contribution < 1.29 is 31.6 Å². The van der Waals surface area contributed by atoms with Crippen LogP contribution in [0.5, 0.6) is 5.75 Å². The van der Waals surface area contributed by atoms with Crippen LogP contribution in [0, 0.1) is 17.0 Å². The van der Waals surface area contributed by atoms with Gasteiger partial charge in [0.05, 0.1) is 10.5 Å². The average molecular weight is 285 g/mol. The molecule has 0 bridgehead atoms. The van der Waals surface area contributed by atoms with Crippen LogP contribution >= 0.6 is 0 Å². The Labute approximate surface area is 103 Å². The molecule has 1 aromatic rings. The van der Waals surface area contributed by atoms with Crippen molar-refractivity contribution in [3.8, 4) is 5.75 Å². The molecule has 0 saturated heterocycles. The van der Waals surface area contributed by atoms with Gasteiger partial charge < -0.3 is 4.74 Å². The Balaban J connectivity index is 2.91. The van der Waals surface area contributed by atoms with Gasteiger partial charge in [0.25, 0.3) is 5.69 Å². The molecule has 0 unspecified atom stereocenters. The first-order valence-electron chi connectivity index (χ1n) is 4.87. The van der Waals surface area contributed by atoms with Crippen LogP contribution in [-0.4, -0.2) is 23.6 Å². The van der Waals surface area contributed by atoms with E-state index in [1.165, 1.54) is 6.92 Å². The molecule has 0 amide bonds. The number of hydrogen-bond acceptors (Lipinski definition) is 3. The van der Waals surface area contributed by atoms with Gasteiger partial charge in [-0.2, -0.15) is 22.0 Å². The van der Waals surface area contributed by atoms with E-state index in [0.717, 1.165) is 18.2 Å². The minimum atomic E-state index is -5.73. The zero-order valence-electron chi connectivity index (χ0n) is 9.50. The maximum Gasteiger partial charge on any atom is 0.456 e. The summed E-state index contributed by atoms with van der Waals surface area (Å²) in [5.74, 6) is -5.41. The smallest absolute Gasteiger partial charge is 0.456 e. The van der Waals surface area contributed by atoms with E-state index in [4.69, 9.17) is 0 Å². The second kappa shape index (κ2) is 4.98. The van der Waals surface area contributed by atoms with E-state index in [1.807, 2.05) is 0 Å². The lowest BCUT2D eigenvalue weighted by Crippen LogP contribution is -2.41. The van der Waals surface area contributed by atoms with Gasteiger partial charge in [0.2, 0.25) is 0 Å². The van der Waals surface area contributed by atoms with E-state index in [9.17, 15) is 32.1 Å². The lowest BCUT2D eigenvalue weighted by Gasteiger charge is -2.20. The zero-order valence-corrected chi connectivity index (χ0v) is 9.50. The minimum Gasteiger partial charge on any atom is -0.486 e. The predicted molar refractivity (Wildman–Crippen MR) is 54.3 cm³/mol. The topological polar surface area (TPSA) is 52.4 Å². The van der Waals surface area contributed by atoms with E-state index in [-0.39, 0.29) is 5.56 Å². The Bertz CT molecular complexity index is 487. The fourth-order valence-electron chi connectivity index (χ4n) is 1.21. The first-order valence-corrected chi connectivity index (χ1v) is 4.87. The van der Waals surface area contributed by atoms with Crippen molar-refractivity contribution in [1.29, 1.82) is 0 Å². The maximum atomic E-state index is 12.6. The number of halogens is 5. The second-order valence-electron chi connectivity index (χ2n) is 3.65. The van der Waals surface area contributed by atoms with Crippen molar-refractivity contribution in [2.45, 2.75) is 19.0 Å². The van der Waals surface area contributed by atoms with E-state index in [0.29, 0.717) is 0 Å². The summed E-state index contributed by atoms with van der Waals surface area (Å²) >= 11 is 0. The van der Waals surface area contributed by atoms with E-state index >= 15 is 0 Å². The van der Waals surface area contributed by atoms with Gasteiger partial charge in [-0.25, -0.2) is 0 Å². The summed E-state index contributed by atoms with van der Waals surface area (Å²) in [6.45, 7) is -0.738. The van der Waals surface area contributed by atoms with Gasteiger partial charge in [-0.3, -0.25) is 10.1 Å². The lowest BCUT2D eigenvalue weighted by molar-refractivity contribution is -0.385. The van der Waals surface area contributed by atoms with Crippen LogP contribution in [0.3, 0.4) is 0 Å². The highest BCUT2D eigenvalue weighted by Gasteiger charge is 2.58. The van der Waals surface area contributed by atoms with Crippen LogP contribution < -0.4 is 4.74 Å². The summed E-state index contributed by atoms with van der Waals surface area (Å²) in [5, 5.41) is 10.6. The summed E-state index contributed by atoms with van der Waals surface area (Å²) in [5.41, 5.74) is -0.543. The maximum absolute atomic E-state index is 12.6. The van der Waals surface area contributed by atoms with Gasteiger partial charge in [-0.15, -0.1) is 0 Å². The van der Waals surface area contributed by atoms with E-state index in [2.05, 4.69) is 4.74 Å². The molecular weight excluding hydrogens is 277 g/mol. The van der Waals surface area contributed by atoms with Crippen molar-refractivity contribution in [3.63, 3.8) is 0 Å². The third-order valence-corrected chi connectivity index (χ3v) is 2.28. The Morgan fingerprint density at radius 2 is 1.84 bits per heavy atom. The highest BCUT2D eigenvalue weighted by atomic mass is 19.4. The molecule has 0 aliphatic rings. The fourth-order valence-corrected chi connectivity index (χ4v) is 1.21. The molecule has 0 saturated carbocycles. The molecule has 0 radical (unpaired) electrons. The molecule has 0 fully saturated rings. The Morgan fingerprint density at radius 3 is 2.32 bits per heavy atom. The first-order chi connectivity index (χ1) is 8.56. The fraction of sp³-hybridized carbons (Fsp3) is 0.400. The third-order valence-electron chi connectivity index (χ3n) is 2.28. The first kappa shape index (κ1) is 15.1. The monoisotopic (exact) mass is 285 g/mol. The number of hydrogen-bond donors (Lipinski definition) is 0. The molecule has 106 valence electrons. The molecule has 0 heterocycles. The summed E-state index contributed by atoms with van der Waals surface area (Å²) < 4.78 is 65.3. The Kier molecular flexibility index (Phi) is 3.97. The largest absolute Gasteiger partial charge is 0.486 e. The van der Waals surface area contributed by atoms with Crippen molar-refractivity contribution in [1.82, 2.24) is 0 Å². The Hall–Kier alpha value is -1.93. The number of nitro groups is 1. The second-order valence-corrected chi connectivity index (χ2v) is 3.65. The summed E-state index contributed by atoms with van der Waals surface area (Å²) in [4.78, 5) is 9.77. The highest BCUT2D eigenvalue weighted by Crippen LogP contribution is 2.36. The van der Waals surface area contributed by atoms with Crippen LogP contribution in [0.15, 0.2) is 18.2 Å². The standard InChI is InChI=1S/C10H8F5NO3/c1-6-7(16(17)18)3-2-4-8(6)19-5-9(11,12)10(13,14)15/h2-4H,5H2,1H3. The van der Waals surface area contributed by atoms with Gasteiger partial charge in [-0.05, 0) is 13.0 Å². The number of benzene rings is 1. The third kappa shape index (κ3) is 3.30. The predicted octanol–water partition coefficient (Wildman–Crippen LogP) is 3.48. The molecule has 9 heteroatoms. The number of ether oxygens (including phenoxy) is 1. The van der Waals surface area contributed by atoms with Gasteiger partial charge in [-0.1, -0.05) is 6.07 Å². The van der Waals surface area contributed by atoms with Crippen LogP contribution in [0.25, 0.3) is 0 Å². The molecule has 1 rings (SSSR count). The molecule has 0 aliphatic carbocycles. The van der Waals surface area contributed by atoms with Crippen LogP contribution in [0.2, 0.25) is 0 Å². The molecule has 0 atom stereocenters. The molecule has 0 spiro atoms. The van der Waals surface area contributed by atoms with E-state index in [1.54, 1.807) is 0 Å². The molecule has 4 nitrogen and oxygen atoms in total. The summed E-state index contributed by atoms with van der Waals surface area (Å²) in [6, 6.07) is 3.30. The van der Waals surface area contributed by atoms with Crippen molar-refractivity contribution >= 4 is 5.69 Å². The van der Waals surface area contributed by atoms with Gasteiger partial charge in [0, 0.05) is 6.07 Å². The number of nitrogens with zero attached hydrogens (tertiary/aromatic N) is 1. The molecular formula is C10H8F5NO3.